The number of carbonyl (C=O) groups excluding carboxylic acids is 1. The van der Waals surface area contributed by atoms with Crippen LogP contribution >= 0.6 is 11.3 Å². The van der Waals surface area contributed by atoms with Crippen molar-refractivity contribution in [2.24, 2.45) is 0 Å². The minimum Gasteiger partial charge on any atom is -0.450 e. The van der Waals surface area contributed by atoms with Crippen LogP contribution in [0, 0.1) is 11.8 Å². The van der Waals surface area contributed by atoms with E-state index in [-0.39, 0.29) is 12.7 Å². The number of thiophene rings is 1. The molecule has 1 aromatic heterocycles. The zero-order valence-corrected chi connectivity index (χ0v) is 11.4. The molecule has 4 nitrogen and oxygen atoms in total. The average molecular weight is 267 g/mol. The number of aliphatic hydroxyl groups is 1. The number of rotatable bonds is 4. The summed E-state index contributed by atoms with van der Waals surface area (Å²) >= 11 is 1.56. The Kier molecular flexibility index (Phi) is 6.26. The van der Waals surface area contributed by atoms with E-state index in [0.29, 0.717) is 19.6 Å². The van der Waals surface area contributed by atoms with E-state index in [2.05, 4.69) is 11.8 Å². The van der Waals surface area contributed by atoms with E-state index < -0.39 is 0 Å². The van der Waals surface area contributed by atoms with Crippen LogP contribution in [0.3, 0.4) is 0 Å². The average Bonchev–Trinajstić information content (AvgIpc) is 2.77. The molecule has 1 rings (SSSR count). The van der Waals surface area contributed by atoms with Gasteiger partial charge < -0.3 is 14.7 Å². The van der Waals surface area contributed by atoms with Gasteiger partial charge in [-0.15, -0.1) is 11.3 Å². The van der Waals surface area contributed by atoms with Crippen molar-refractivity contribution >= 4 is 17.4 Å². The van der Waals surface area contributed by atoms with Crippen molar-refractivity contribution in [1.29, 1.82) is 0 Å². The number of carbonyl (C=O) groups is 1. The number of ether oxygens (including phenoxy) is 1. The lowest BCUT2D eigenvalue weighted by molar-refractivity contribution is 0.114. The van der Waals surface area contributed by atoms with Crippen LogP contribution in [-0.4, -0.2) is 36.4 Å². The normalized spacial score (nSPS) is 9.50. The topological polar surface area (TPSA) is 49.8 Å². The molecule has 0 saturated carbocycles. The maximum absolute atomic E-state index is 11.4. The van der Waals surface area contributed by atoms with E-state index in [1.807, 2.05) is 11.4 Å². The minimum absolute atomic E-state index is 0.0790. The fourth-order valence-electron chi connectivity index (χ4n) is 1.28. The molecule has 0 bridgehead atoms. The molecule has 0 aliphatic carbocycles. The SMILES string of the molecule is CCOC(=O)N(C)Cc1cc(C#CCCO)cs1. The first-order chi connectivity index (χ1) is 8.67. The Morgan fingerprint density at radius 3 is 3.06 bits per heavy atom. The van der Waals surface area contributed by atoms with E-state index in [0.717, 1.165) is 10.4 Å². The largest absolute Gasteiger partial charge is 0.450 e. The Balaban J connectivity index is 2.54. The van der Waals surface area contributed by atoms with Crippen LogP contribution in [0.2, 0.25) is 0 Å². The summed E-state index contributed by atoms with van der Waals surface area (Å²) in [5.41, 5.74) is 0.917. The minimum atomic E-state index is -0.321. The monoisotopic (exact) mass is 267 g/mol. The third kappa shape index (κ3) is 4.78. The van der Waals surface area contributed by atoms with Crippen molar-refractivity contribution in [2.75, 3.05) is 20.3 Å². The van der Waals surface area contributed by atoms with Gasteiger partial charge in [-0.25, -0.2) is 4.79 Å². The standard InChI is InChI=1S/C13H17NO3S/c1-3-17-13(16)14(2)9-12-8-11(10-18-12)6-4-5-7-15/h8,10,15H,3,5,7,9H2,1-2H3. The van der Waals surface area contributed by atoms with Gasteiger partial charge in [-0.1, -0.05) is 11.8 Å². The molecule has 0 aliphatic rings. The second-order valence-corrected chi connectivity index (χ2v) is 4.63. The first kappa shape index (κ1) is 14.6. The molecule has 1 heterocycles. The Morgan fingerprint density at radius 2 is 2.39 bits per heavy atom. The molecule has 18 heavy (non-hydrogen) atoms. The van der Waals surface area contributed by atoms with Crippen LogP contribution in [0.5, 0.6) is 0 Å². The predicted molar refractivity (Wildman–Crippen MR) is 71.4 cm³/mol. The molecule has 0 radical (unpaired) electrons. The number of nitrogens with zero attached hydrogens (tertiary/aromatic N) is 1. The van der Waals surface area contributed by atoms with Gasteiger partial charge >= 0.3 is 6.09 Å². The summed E-state index contributed by atoms with van der Waals surface area (Å²) < 4.78 is 4.90. The van der Waals surface area contributed by atoms with Gasteiger partial charge in [0.05, 0.1) is 19.8 Å². The molecule has 1 N–H and O–H groups in total. The van der Waals surface area contributed by atoms with Gasteiger partial charge in [0.2, 0.25) is 0 Å². The number of hydrogen-bond acceptors (Lipinski definition) is 4. The van der Waals surface area contributed by atoms with E-state index in [1.165, 1.54) is 4.90 Å². The second kappa shape index (κ2) is 7.75. The van der Waals surface area contributed by atoms with Gasteiger partial charge in [0.15, 0.2) is 0 Å². The molecule has 98 valence electrons. The molecule has 0 aromatic carbocycles. The predicted octanol–water partition coefficient (Wildman–Crippen LogP) is 2.07. The van der Waals surface area contributed by atoms with E-state index in [9.17, 15) is 4.79 Å². The molecule has 0 aliphatic heterocycles. The van der Waals surface area contributed by atoms with Crippen LogP contribution in [0.25, 0.3) is 0 Å². The highest BCUT2D eigenvalue weighted by atomic mass is 32.1. The van der Waals surface area contributed by atoms with Crippen molar-refractivity contribution in [2.45, 2.75) is 19.9 Å². The molecule has 1 amide bonds. The van der Waals surface area contributed by atoms with Crippen LogP contribution in [-0.2, 0) is 11.3 Å². The zero-order chi connectivity index (χ0) is 13.4. The Morgan fingerprint density at radius 1 is 1.61 bits per heavy atom. The summed E-state index contributed by atoms with van der Waals surface area (Å²) in [7, 11) is 1.70. The molecule has 0 saturated heterocycles. The van der Waals surface area contributed by atoms with E-state index in [4.69, 9.17) is 9.84 Å². The van der Waals surface area contributed by atoms with Crippen LogP contribution in [0.1, 0.15) is 23.8 Å². The van der Waals surface area contributed by atoms with Crippen molar-refractivity contribution in [3.63, 3.8) is 0 Å². The Hall–Kier alpha value is -1.51. The first-order valence-electron chi connectivity index (χ1n) is 5.72. The fraction of sp³-hybridized carbons (Fsp3) is 0.462. The van der Waals surface area contributed by atoms with Crippen molar-refractivity contribution in [3.05, 3.63) is 21.9 Å². The van der Waals surface area contributed by atoms with Crippen molar-refractivity contribution in [3.8, 4) is 11.8 Å². The molecule has 0 atom stereocenters. The summed E-state index contributed by atoms with van der Waals surface area (Å²) in [6, 6.07) is 1.95. The quantitative estimate of drug-likeness (QED) is 0.850. The summed E-state index contributed by atoms with van der Waals surface area (Å²) in [6.07, 6.45) is 0.160. The van der Waals surface area contributed by atoms with Gasteiger partial charge in [-0.05, 0) is 13.0 Å². The maximum atomic E-state index is 11.4. The smallest absolute Gasteiger partial charge is 0.409 e. The molecule has 0 unspecified atom stereocenters. The van der Waals surface area contributed by atoms with Crippen molar-refractivity contribution in [1.82, 2.24) is 4.90 Å². The Labute approximate surface area is 111 Å². The van der Waals surface area contributed by atoms with E-state index in [1.54, 1.807) is 25.3 Å². The molecule has 0 fully saturated rings. The molecular formula is C13H17NO3S. The summed E-state index contributed by atoms with van der Waals surface area (Å²) in [5.74, 6) is 5.82. The van der Waals surface area contributed by atoms with Gasteiger partial charge in [0, 0.05) is 29.3 Å². The molecule has 1 aromatic rings. The number of amides is 1. The highest BCUT2D eigenvalue weighted by Crippen LogP contribution is 2.16. The molecule has 0 spiro atoms. The highest BCUT2D eigenvalue weighted by Gasteiger charge is 2.10. The first-order valence-corrected chi connectivity index (χ1v) is 6.60. The second-order valence-electron chi connectivity index (χ2n) is 3.63. The third-order valence-corrected chi connectivity index (χ3v) is 3.02. The lowest BCUT2D eigenvalue weighted by Crippen LogP contribution is -2.26. The van der Waals surface area contributed by atoms with Crippen molar-refractivity contribution < 1.29 is 14.6 Å². The number of aliphatic hydroxyl groups excluding tert-OH is 1. The highest BCUT2D eigenvalue weighted by molar-refractivity contribution is 7.10. The molecular weight excluding hydrogens is 250 g/mol. The lowest BCUT2D eigenvalue weighted by Gasteiger charge is -2.14. The maximum Gasteiger partial charge on any atom is 0.409 e. The van der Waals surface area contributed by atoms with Gasteiger partial charge in [-0.2, -0.15) is 0 Å². The van der Waals surface area contributed by atoms with E-state index >= 15 is 0 Å². The van der Waals surface area contributed by atoms with Gasteiger partial charge in [0.1, 0.15) is 0 Å². The van der Waals surface area contributed by atoms with Crippen LogP contribution in [0.15, 0.2) is 11.4 Å². The van der Waals surface area contributed by atoms with Crippen LogP contribution in [0.4, 0.5) is 4.79 Å². The van der Waals surface area contributed by atoms with Gasteiger partial charge in [0.25, 0.3) is 0 Å². The Bertz CT molecular complexity index is 445. The summed E-state index contributed by atoms with van der Waals surface area (Å²) in [6.45, 7) is 2.76. The van der Waals surface area contributed by atoms with Crippen LogP contribution < -0.4 is 0 Å². The summed E-state index contributed by atoms with van der Waals surface area (Å²) in [4.78, 5) is 14.0. The number of hydrogen-bond donors (Lipinski definition) is 1. The van der Waals surface area contributed by atoms with Gasteiger partial charge in [-0.3, -0.25) is 0 Å². The summed E-state index contributed by atoms with van der Waals surface area (Å²) in [5, 5.41) is 10.6. The third-order valence-electron chi connectivity index (χ3n) is 2.10. The molecule has 5 heteroatoms. The lowest BCUT2D eigenvalue weighted by atomic mass is 10.3. The fourth-order valence-corrected chi connectivity index (χ4v) is 2.15. The zero-order valence-electron chi connectivity index (χ0n) is 10.6.